The van der Waals surface area contributed by atoms with E-state index in [-0.39, 0.29) is 12.5 Å². The van der Waals surface area contributed by atoms with E-state index < -0.39 is 5.60 Å². The van der Waals surface area contributed by atoms with E-state index in [1.165, 1.54) is 0 Å². The highest BCUT2D eigenvalue weighted by Gasteiger charge is 2.20. The fraction of sp³-hybridized carbons (Fsp3) is 0.258. The van der Waals surface area contributed by atoms with E-state index in [0.717, 1.165) is 22.0 Å². The number of anilines is 1. The second kappa shape index (κ2) is 13.9. The molecule has 0 fully saturated rings. The minimum absolute atomic E-state index is 0.101. The summed E-state index contributed by atoms with van der Waals surface area (Å²) in [7, 11) is 0. The summed E-state index contributed by atoms with van der Waals surface area (Å²) in [6, 6.07) is 24.4. The third-order valence-electron chi connectivity index (χ3n) is 5.55. The van der Waals surface area contributed by atoms with Crippen molar-refractivity contribution < 1.29 is 19.4 Å². The quantitative estimate of drug-likeness (QED) is 0.206. The summed E-state index contributed by atoms with van der Waals surface area (Å²) in [6.07, 6.45) is 3.38. The molecule has 0 spiro atoms. The number of para-hydroxylation sites is 1. The molecule has 0 aliphatic rings. The van der Waals surface area contributed by atoms with Crippen molar-refractivity contribution in [3.05, 3.63) is 95.1 Å². The largest absolute Gasteiger partial charge is 0.485 e. The van der Waals surface area contributed by atoms with Crippen LogP contribution >= 0.6 is 15.9 Å². The van der Waals surface area contributed by atoms with E-state index in [1.807, 2.05) is 68.4 Å². The van der Waals surface area contributed by atoms with Crippen molar-refractivity contribution in [2.24, 2.45) is 5.92 Å². The zero-order valence-corrected chi connectivity index (χ0v) is 24.2. The van der Waals surface area contributed by atoms with E-state index in [4.69, 9.17) is 9.84 Å². The first-order chi connectivity index (χ1) is 18.6. The Kier molecular flexibility index (Phi) is 10.6. The maximum Gasteiger partial charge on any atom is 0.259 e. The van der Waals surface area contributed by atoms with Crippen LogP contribution < -0.4 is 10.1 Å². The molecule has 3 aromatic carbocycles. The predicted octanol–water partition coefficient (Wildman–Crippen LogP) is 6.94. The van der Waals surface area contributed by atoms with Gasteiger partial charge in [0.15, 0.2) is 0 Å². The molecule has 4 rings (SSSR count). The molecule has 0 atom stereocenters. The smallest absolute Gasteiger partial charge is 0.259 e. The van der Waals surface area contributed by atoms with Crippen LogP contribution in [0.2, 0.25) is 0 Å². The van der Waals surface area contributed by atoms with Gasteiger partial charge in [-0.2, -0.15) is 5.10 Å². The summed E-state index contributed by atoms with van der Waals surface area (Å²) >= 11 is 3.45. The molecular formula is C31H34BrN3O4. The zero-order chi connectivity index (χ0) is 28.4. The molecule has 8 heteroatoms. The van der Waals surface area contributed by atoms with E-state index >= 15 is 0 Å². The molecule has 0 aliphatic heterocycles. The van der Waals surface area contributed by atoms with E-state index in [1.54, 1.807) is 49.0 Å². The lowest BCUT2D eigenvalue weighted by molar-refractivity contribution is -0.108. The number of aliphatic hydroxyl groups is 1. The average molecular weight is 593 g/mol. The topological polar surface area (TPSA) is 93.4 Å². The summed E-state index contributed by atoms with van der Waals surface area (Å²) in [5.74, 6) is 0.876. The summed E-state index contributed by atoms with van der Waals surface area (Å²) in [4.78, 5) is 22.9. The number of rotatable bonds is 9. The van der Waals surface area contributed by atoms with Crippen molar-refractivity contribution in [1.82, 2.24) is 9.78 Å². The lowest BCUT2D eigenvalue weighted by Crippen LogP contribution is -2.32. The number of amides is 1. The highest BCUT2D eigenvalue weighted by atomic mass is 79.9. The molecule has 0 saturated carbocycles. The van der Waals surface area contributed by atoms with Crippen LogP contribution in [0.4, 0.5) is 5.69 Å². The van der Waals surface area contributed by atoms with Crippen molar-refractivity contribution in [2.45, 2.75) is 39.7 Å². The lowest BCUT2D eigenvalue weighted by atomic mass is 10.1. The normalized spacial score (nSPS) is 10.9. The molecule has 0 unspecified atom stereocenters. The first kappa shape index (κ1) is 29.8. The van der Waals surface area contributed by atoms with Crippen LogP contribution in [0.1, 0.15) is 44.5 Å². The fourth-order valence-electron chi connectivity index (χ4n) is 3.42. The van der Waals surface area contributed by atoms with Crippen molar-refractivity contribution in [3.63, 3.8) is 0 Å². The number of nitrogens with one attached hydrogen (secondary N) is 1. The van der Waals surface area contributed by atoms with Crippen LogP contribution in [0.5, 0.6) is 5.75 Å². The van der Waals surface area contributed by atoms with Crippen molar-refractivity contribution in [2.75, 3.05) is 11.9 Å². The number of benzene rings is 3. The number of carbonyl (C=O) groups excluding carboxylic acids is 2. The van der Waals surface area contributed by atoms with Gasteiger partial charge in [-0.25, -0.2) is 4.68 Å². The van der Waals surface area contributed by atoms with Gasteiger partial charge in [0, 0.05) is 28.3 Å². The number of hydrogen-bond acceptors (Lipinski definition) is 5. The second-order valence-electron chi connectivity index (χ2n) is 9.97. The van der Waals surface area contributed by atoms with Gasteiger partial charge in [0.1, 0.15) is 23.3 Å². The number of hydrogen-bond donors (Lipinski definition) is 2. The summed E-state index contributed by atoms with van der Waals surface area (Å²) in [5.41, 5.74) is 2.70. The molecule has 204 valence electrons. The highest BCUT2D eigenvalue weighted by molar-refractivity contribution is 9.10. The fourth-order valence-corrected chi connectivity index (χ4v) is 3.69. The second-order valence-corrected chi connectivity index (χ2v) is 10.9. The summed E-state index contributed by atoms with van der Waals surface area (Å²) < 4.78 is 8.41. The summed E-state index contributed by atoms with van der Waals surface area (Å²) in [6.45, 7) is 7.55. The maximum absolute atomic E-state index is 13.2. The third kappa shape index (κ3) is 8.90. The van der Waals surface area contributed by atoms with Gasteiger partial charge in [0.05, 0.1) is 17.9 Å². The van der Waals surface area contributed by atoms with Gasteiger partial charge in [0.2, 0.25) is 0 Å². The van der Waals surface area contributed by atoms with Crippen LogP contribution in [0, 0.1) is 5.92 Å². The monoisotopic (exact) mass is 591 g/mol. The number of nitrogens with zero attached hydrogens (tertiary/aromatic N) is 2. The highest BCUT2D eigenvalue weighted by Crippen LogP contribution is 2.27. The summed E-state index contributed by atoms with van der Waals surface area (Å²) in [5, 5.41) is 17.0. The molecule has 1 amide bonds. The van der Waals surface area contributed by atoms with Crippen LogP contribution in [-0.4, -0.2) is 39.3 Å². The Hall–Kier alpha value is -3.75. The van der Waals surface area contributed by atoms with Gasteiger partial charge >= 0.3 is 0 Å². The third-order valence-corrected chi connectivity index (χ3v) is 6.08. The van der Waals surface area contributed by atoms with Gasteiger partial charge < -0.3 is 20.0 Å². The van der Waals surface area contributed by atoms with Gasteiger partial charge in [-0.15, -0.1) is 0 Å². The molecule has 0 radical (unpaired) electrons. The van der Waals surface area contributed by atoms with Crippen LogP contribution in [-0.2, 0) is 4.79 Å². The lowest BCUT2D eigenvalue weighted by Gasteiger charge is -2.23. The van der Waals surface area contributed by atoms with Gasteiger partial charge in [-0.3, -0.25) is 4.79 Å². The van der Waals surface area contributed by atoms with E-state index in [9.17, 15) is 14.7 Å². The number of aromatic nitrogens is 2. The van der Waals surface area contributed by atoms with E-state index in [2.05, 4.69) is 21.2 Å². The molecule has 7 nitrogen and oxygen atoms in total. The number of ether oxygens (including phenoxy) is 1. The van der Waals surface area contributed by atoms with Gasteiger partial charge in [-0.1, -0.05) is 60.1 Å². The van der Waals surface area contributed by atoms with Crippen LogP contribution in [0.3, 0.4) is 0 Å². The molecule has 1 heterocycles. The first-order valence-corrected chi connectivity index (χ1v) is 13.5. The Morgan fingerprint density at radius 1 is 1.05 bits per heavy atom. The Balaban J connectivity index is 0.000000631. The number of carbonyl (C=O) groups is 2. The molecule has 2 N–H and O–H groups in total. The molecule has 0 saturated heterocycles. The number of aliphatic hydroxyl groups excluding tert-OH is 1. The Labute approximate surface area is 238 Å². The first-order valence-electron chi connectivity index (χ1n) is 12.7. The van der Waals surface area contributed by atoms with Crippen LogP contribution in [0.15, 0.2) is 89.5 Å². The van der Waals surface area contributed by atoms with Crippen molar-refractivity contribution >= 4 is 33.8 Å². The van der Waals surface area contributed by atoms with Crippen molar-refractivity contribution in [1.29, 1.82) is 0 Å². The number of halogens is 1. The average Bonchev–Trinajstić information content (AvgIpc) is 3.37. The molecule has 39 heavy (non-hydrogen) atoms. The van der Waals surface area contributed by atoms with Gasteiger partial charge in [-0.05, 0) is 68.3 Å². The molecule has 0 aliphatic carbocycles. The Bertz CT molecular complexity index is 1350. The molecule has 4 aromatic rings. The number of aldehydes is 1. The molecule has 1 aromatic heterocycles. The SMILES string of the molecule is CC(C)(CO)Oc1ccc(NC(=O)c2cn(-c3ccccc3)nc2-c2ccc(Br)cc2)cc1.CC(C)CC=O. The Morgan fingerprint density at radius 2 is 1.69 bits per heavy atom. The standard InChI is InChI=1S/C26H24BrN3O3.C5H10O/c1-26(2,17-31)33-22-14-12-20(13-15-22)28-25(32)23-16-30(21-6-4-3-5-7-21)29-24(23)18-8-10-19(27)11-9-18;1-5(2)3-4-6/h3-16,31H,17H2,1-2H3,(H,28,32);4-5H,3H2,1-2H3. The van der Waals surface area contributed by atoms with Crippen LogP contribution in [0.25, 0.3) is 16.9 Å². The minimum atomic E-state index is -0.684. The van der Waals surface area contributed by atoms with E-state index in [0.29, 0.717) is 35.0 Å². The Morgan fingerprint density at radius 3 is 2.23 bits per heavy atom. The molecular weight excluding hydrogens is 558 g/mol. The minimum Gasteiger partial charge on any atom is -0.485 e. The predicted molar refractivity (Wildman–Crippen MR) is 158 cm³/mol. The van der Waals surface area contributed by atoms with Crippen molar-refractivity contribution in [3.8, 4) is 22.7 Å². The zero-order valence-electron chi connectivity index (χ0n) is 22.6. The maximum atomic E-state index is 13.2. The molecule has 0 bridgehead atoms. The van der Waals surface area contributed by atoms with Gasteiger partial charge in [0.25, 0.3) is 5.91 Å².